The maximum atomic E-state index is 12.6. The second-order valence-corrected chi connectivity index (χ2v) is 9.06. The second kappa shape index (κ2) is 9.65. The summed E-state index contributed by atoms with van der Waals surface area (Å²) < 4.78 is 8.87. The van der Waals surface area contributed by atoms with E-state index in [9.17, 15) is 9.59 Å². The summed E-state index contributed by atoms with van der Waals surface area (Å²) in [6, 6.07) is 1.95. The second-order valence-electron chi connectivity index (χ2n) is 6.89. The summed E-state index contributed by atoms with van der Waals surface area (Å²) in [5, 5.41) is 17.0. The van der Waals surface area contributed by atoms with Crippen molar-refractivity contribution in [2.45, 2.75) is 46.3 Å². The summed E-state index contributed by atoms with van der Waals surface area (Å²) in [5.74, 6) is 0.206. The Labute approximate surface area is 189 Å². The van der Waals surface area contributed by atoms with Gasteiger partial charge in [0.25, 0.3) is 0 Å². The molecule has 1 N–H and O–H groups in total. The number of aromatic nitrogens is 5. The van der Waals surface area contributed by atoms with Crippen LogP contribution in [0.2, 0.25) is 0 Å². The van der Waals surface area contributed by atoms with E-state index in [0.717, 1.165) is 21.8 Å². The highest BCUT2D eigenvalue weighted by Gasteiger charge is 2.23. The molecule has 166 valence electrons. The van der Waals surface area contributed by atoms with Crippen molar-refractivity contribution in [3.63, 3.8) is 0 Å². The molecular formula is C20H26N6O3S2. The fourth-order valence-corrected chi connectivity index (χ4v) is 5.01. The van der Waals surface area contributed by atoms with E-state index in [1.54, 1.807) is 11.6 Å². The fourth-order valence-electron chi connectivity index (χ4n) is 3.15. The molecule has 9 nitrogen and oxygen atoms in total. The van der Waals surface area contributed by atoms with Crippen molar-refractivity contribution in [2.75, 3.05) is 17.7 Å². The number of esters is 1. The molecule has 1 amide bonds. The molecule has 0 aliphatic rings. The summed E-state index contributed by atoms with van der Waals surface area (Å²) in [7, 11) is 1.86. The van der Waals surface area contributed by atoms with Crippen LogP contribution in [0.3, 0.4) is 0 Å². The third-order valence-corrected chi connectivity index (χ3v) is 6.80. The lowest BCUT2D eigenvalue weighted by molar-refractivity contribution is -0.113. The van der Waals surface area contributed by atoms with Gasteiger partial charge in [-0.05, 0) is 46.2 Å². The summed E-state index contributed by atoms with van der Waals surface area (Å²) in [4.78, 5) is 25.9. The van der Waals surface area contributed by atoms with Gasteiger partial charge in [0.05, 0.1) is 23.6 Å². The number of ether oxygens (including phenoxy) is 1. The highest BCUT2D eigenvalue weighted by Crippen LogP contribution is 2.33. The third kappa shape index (κ3) is 4.82. The van der Waals surface area contributed by atoms with E-state index in [1.807, 2.05) is 45.4 Å². The van der Waals surface area contributed by atoms with Crippen LogP contribution in [-0.2, 0) is 23.1 Å². The first-order chi connectivity index (χ1) is 14.8. The lowest BCUT2D eigenvalue weighted by atomic mass is 10.1. The van der Waals surface area contributed by atoms with E-state index < -0.39 is 5.97 Å². The number of thiophene rings is 1. The molecule has 3 aromatic heterocycles. The fraction of sp³-hybridized carbons (Fsp3) is 0.450. The number of nitrogens with zero attached hydrogens (tertiary/aromatic N) is 5. The van der Waals surface area contributed by atoms with Crippen molar-refractivity contribution >= 4 is 40.0 Å². The largest absolute Gasteiger partial charge is 0.462 e. The number of aryl methyl sites for hydroxylation is 3. The van der Waals surface area contributed by atoms with E-state index >= 15 is 0 Å². The standard InChI is InChI=1S/C20H26N6O3S2/c1-7-26-17(14-9-11(3)24-25(14)6)22-23-20(26)30-10-15(27)21-18-16(19(28)29-8-2)12(4)13(5)31-18/h9H,7-8,10H2,1-6H3,(H,21,27). The SMILES string of the molecule is CCOC(=O)c1c(NC(=O)CSc2nnc(-c3cc(C)nn3C)n2CC)sc(C)c1C. The van der Waals surface area contributed by atoms with Crippen molar-refractivity contribution in [3.8, 4) is 11.5 Å². The maximum absolute atomic E-state index is 12.6. The minimum Gasteiger partial charge on any atom is -0.462 e. The zero-order valence-corrected chi connectivity index (χ0v) is 20.1. The molecule has 0 bridgehead atoms. The Hall–Kier alpha value is -2.66. The first-order valence-corrected chi connectivity index (χ1v) is 11.7. The molecule has 0 aliphatic heterocycles. The molecule has 0 saturated carbocycles. The van der Waals surface area contributed by atoms with Crippen LogP contribution in [0, 0.1) is 20.8 Å². The summed E-state index contributed by atoms with van der Waals surface area (Å²) in [6.07, 6.45) is 0. The molecule has 0 spiro atoms. The molecule has 0 atom stereocenters. The number of carbonyl (C=O) groups excluding carboxylic acids is 2. The first-order valence-electron chi connectivity index (χ1n) is 9.90. The van der Waals surface area contributed by atoms with Crippen molar-refractivity contribution in [2.24, 2.45) is 7.05 Å². The lowest BCUT2D eigenvalue weighted by Gasteiger charge is -2.08. The van der Waals surface area contributed by atoms with Gasteiger partial charge in [0.2, 0.25) is 5.91 Å². The van der Waals surface area contributed by atoms with Gasteiger partial charge in [-0.3, -0.25) is 9.48 Å². The number of rotatable bonds is 8. The molecule has 0 aromatic carbocycles. The normalized spacial score (nSPS) is 11.0. The van der Waals surface area contributed by atoms with Crippen LogP contribution in [0.4, 0.5) is 5.00 Å². The maximum Gasteiger partial charge on any atom is 0.341 e. The number of nitrogens with one attached hydrogen (secondary N) is 1. The van der Waals surface area contributed by atoms with Gasteiger partial charge in [-0.15, -0.1) is 21.5 Å². The van der Waals surface area contributed by atoms with Crippen molar-refractivity contribution < 1.29 is 14.3 Å². The van der Waals surface area contributed by atoms with Crippen LogP contribution in [0.25, 0.3) is 11.5 Å². The van der Waals surface area contributed by atoms with Gasteiger partial charge in [0.15, 0.2) is 11.0 Å². The molecule has 3 heterocycles. The Morgan fingerprint density at radius 3 is 2.58 bits per heavy atom. The van der Waals surface area contributed by atoms with Gasteiger partial charge in [0.1, 0.15) is 10.7 Å². The van der Waals surface area contributed by atoms with E-state index in [-0.39, 0.29) is 18.3 Å². The Bertz CT molecular complexity index is 1110. The Morgan fingerprint density at radius 1 is 1.23 bits per heavy atom. The quantitative estimate of drug-likeness (QED) is 0.403. The van der Waals surface area contributed by atoms with Gasteiger partial charge in [-0.1, -0.05) is 11.8 Å². The van der Waals surface area contributed by atoms with Crippen molar-refractivity contribution in [1.82, 2.24) is 24.5 Å². The minimum absolute atomic E-state index is 0.140. The molecule has 0 unspecified atom stereocenters. The predicted octanol–water partition coefficient (Wildman–Crippen LogP) is 3.59. The average Bonchev–Trinajstić information content (AvgIpc) is 3.35. The molecule has 11 heteroatoms. The van der Waals surface area contributed by atoms with Crippen LogP contribution < -0.4 is 5.32 Å². The van der Waals surface area contributed by atoms with Crippen LogP contribution in [-0.4, -0.2) is 48.8 Å². The smallest absolute Gasteiger partial charge is 0.341 e. The molecule has 3 aromatic rings. The number of hydrogen-bond donors (Lipinski definition) is 1. The predicted molar refractivity (Wildman–Crippen MR) is 122 cm³/mol. The monoisotopic (exact) mass is 462 g/mol. The number of thioether (sulfide) groups is 1. The minimum atomic E-state index is -0.422. The van der Waals surface area contributed by atoms with Crippen LogP contribution in [0.1, 0.15) is 40.3 Å². The highest BCUT2D eigenvalue weighted by molar-refractivity contribution is 7.99. The molecular weight excluding hydrogens is 436 g/mol. The van der Waals surface area contributed by atoms with Crippen LogP contribution in [0.15, 0.2) is 11.2 Å². The summed E-state index contributed by atoms with van der Waals surface area (Å²) in [5.41, 5.74) is 3.02. The summed E-state index contributed by atoms with van der Waals surface area (Å²) in [6.45, 7) is 10.4. The van der Waals surface area contributed by atoms with Crippen molar-refractivity contribution in [1.29, 1.82) is 0 Å². The molecule has 0 radical (unpaired) electrons. The third-order valence-electron chi connectivity index (χ3n) is 4.71. The Kier molecular flexibility index (Phi) is 7.16. The zero-order valence-electron chi connectivity index (χ0n) is 18.5. The number of carbonyl (C=O) groups is 2. The molecule has 3 rings (SSSR count). The first kappa shape index (κ1) is 23.0. The molecule has 0 saturated heterocycles. The van der Waals surface area contributed by atoms with Gasteiger partial charge in [-0.2, -0.15) is 5.10 Å². The number of hydrogen-bond acceptors (Lipinski definition) is 8. The Balaban J connectivity index is 1.73. The van der Waals surface area contributed by atoms with Gasteiger partial charge in [0, 0.05) is 18.5 Å². The van der Waals surface area contributed by atoms with Crippen LogP contribution >= 0.6 is 23.1 Å². The molecule has 31 heavy (non-hydrogen) atoms. The van der Waals surface area contributed by atoms with E-state index in [2.05, 4.69) is 20.6 Å². The lowest BCUT2D eigenvalue weighted by Crippen LogP contribution is -2.17. The van der Waals surface area contributed by atoms with E-state index in [4.69, 9.17) is 4.74 Å². The van der Waals surface area contributed by atoms with Gasteiger partial charge >= 0.3 is 5.97 Å². The van der Waals surface area contributed by atoms with E-state index in [1.165, 1.54) is 23.1 Å². The molecule has 0 aliphatic carbocycles. The van der Waals surface area contributed by atoms with Gasteiger partial charge < -0.3 is 14.6 Å². The van der Waals surface area contributed by atoms with E-state index in [0.29, 0.717) is 28.1 Å². The highest BCUT2D eigenvalue weighted by atomic mass is 32.2. The topological polar surface area (TPSA) is 104 Å². The number of amides is 1. The Morgan fingerprint density at radius 2 is 1.97 bits per heavy atom. The van der Waals surface area contributed by atoms with Crippen molar-refractivity contribution in [3.05, 3.63) is 27.8 Å². The summed E-state index contributed by atoms with van der Waals surface area (Å²) >= 11 is 2.67. The molecule has 0 fully saturated rings. The van der Waals surface area contributed by atoms with Crippen LogP contribution in [0.5, 0.6) is 0 Å². The average molecular weight is 463 g/mol. The van der Waals surface area contributed by atoms with Gasteiger partial charge in [-0.25, -0.2) is 4.79 Å². The zero-order chi connectivity index (χ0) is 22.7. The number of anilines is 1.